The maximum Gasteiger partial charge on any atom is 0.246 e. The van der Waals surface area contributed by atoms with E-state index in [4.69, 9.17) is 0 Å². The van der Waals surface area contributed by atoms with Gasteiger partial charge in [0.25, 0.3) is 0 Å². The van der Waals surface area contributed by atoms with Gasteiger partial charge in [-0.15, -0.1) is 0 Å². The molecule has 1 unspecified atom stereocenters. The van der Waals surface area contributed by atoms with Gasteiger partial charge in [0.15, 0.2) is 0 Å². The monoisotopic (exact) mass is 266 g/mol. The minimum absolute atomic E-state index is 0.0635. The van der Waals surface area contributed by atoms with E-state index in [1.807, 2.05) is 32.6 Å². The van der Waals surface area contributed by atoms with Crippen molar-refractivity contribution in [1.29, 1.82) is 0 Å². The van der Waals surface area contributed by atoms with Crippen LogP contribution in [0.5, 0.6) is 0 Å². The molecule has 4 heteroatoms. The van der Waals surface area contributed by atoms with Crippen LogP contribution in [0, 0.1) is 5.41 Å². The third-order valence-corrected chi connectivity index (χ3v) is 4.59. The highest BCUT2D eigenvalue weighted by atomic mass is 16.2. The highest BCUT2D eigenvalue weighted by Gasteiger charge is 2.54. The summed E-state index contributed by atoms with van der Waals surface area (Å²) < 4.78 is 0. The lowest BCUT2D eigenvalue weighted by molar-refractivity contribution is -0.162. The van der Waals surface area contributed by atoms with Gasteiger partial charge in [0.2, 0.25) is 11.8 Å². The Morgan fingerprint density at radius 3 is 2.26 bits per heavy atom. The molecule has 1 spiro atoms. The summed E-state index contributed by atoms with van der Waals surface area (Å²) in [5.41, 5.74) is -0.803. The van der Waals surface area contributed by atoms with E-state index in [0.717, 1.165) is 25.7 Å². The van der Waals surface area contributed by atoms with E-state index in [9.17, 15) is 9.59 Å². The third-order valence-electron chi connectivity index (χ3n) is 4.59. The number of nitrogens with zero attached hydrogens (tertiary/aromatic N) is 1. The lowest BCUT2D eigenvalue weighted by atomic mass is 9.74. The standard InChI is InChI=1S/C15H26N2O2/c1-5-17-12(18)11(14(2,3)4)16-13(19)15(17)9-7-6-8-10-15/h11H,5-10H2,1-4H3,(H,16,19). The van der Waals surface area contributed by atoms with Gasteiger partial charge < -0.3 is 10.2 Å². The maximum atomic E-state index is 12.7. The average Bonchev–Trinajstić information content (AvgIpc) is 2.34. The zero-order valence-corrected chi connectivity index (χ0v) is 12.6. The Morgan fingerprint density at radius 1 is 1.21 bits per heavy atom. The molecule has 19 heavy (non-hydrogen) atoms. The highest BCUT2D eigenvalue weighted by Crippen LogP contribution is 2.38. The van der Waals surface area contributed by atoms with Gasteiger partial charge in [-0.25, -0.2) is 0 Å². The number of hydrogen-bond acceptors (Lipinski definition) is 2. The normalized spacial score (nSPS) is 27.6. The molecule has 2 aliphatic rings. The molecule has 0 aromatic rings. The van der Waals surface area contributed by atoms with Gasteiger partial charge in [-0.05, 0) is 25.2 Å². The molecule has 1 saturated heterocycles. The van der Waals surface area contributed by atoms with Crippen LogP contribution in [0.1, 0.15) is 59.8 Å². The Hall–Kier alpha value is -1.06. The molecule has 2 rings (SSSR count). The van der Waals surface area contributed by atoms with Gasteiger partial charge >= 0.3 is 0 Å². The van der Waals surface area contributed by atoms with Crippen LogP contribution >= 0.6 is 0 Å². The maximum absolute atomic E-state index is 12.7. The van der Waals surface area contributed by atoms with Crippen molar-refractivity contribution in [3.8, 4) is 0 Å². The van der Waals surface area contributed by atoms with Crippen LogP contribution in [-0.2, 0) is 9.59 Å². The summed E-state index contributed by atoms with van der Waals surface area (Å²) in [7, 11) is 0. The first-order valence-electron chi connectivity index (χ1n) is 7.45. The van der Waals surface area contributed by atoms with Crippen LogP contribution in [0.3, 0.4) is 0 Å². The van der Waals surface area contributed by atoms with Gasteiger partial charge in [-0.2, -0.15) is 0 Å². The Kier molecular flexibility index (Phi) is 3.63. The summed E-state index contributed by atoms with van der Waals surface area (Å²) in [4.78, 5) is 27.2. The molecular weight excluding hydrogens is 240 g/mol. The number of hydrogen-bond donors (Lipinski definition) is 1. The molecule has 108 valence electrons. The summed E-state index contributed by atoms with van der Waals surface area (Å²) in [5.74, 6) is 0.157. The zero-order valence-electron chi connectivity index (χ0n) is 12.6. The van der Waals surface area contributed by atoms with Crippen molar-refractivity contribution in [3.63, 3.8) is 0 Å². The van der Waals surface area contributed by atoms with Crippen LogP contribution in [0.4, 0.5) is 0 Å². The third kappa shape index (κ3) is 2.26. The smallest absolute Gasteiger partial charge is 0.246 e. The Morgan fingerprint density at radius 2 is 1.79 bits per heavy atom. The molecule has 0 bridgehead atoms. The van der Waals surface area contributed by atoms with Crippen LogP contribution in [0.15, 0.2) is 0 Å². The molecule has 1 heterocycles. The lowest BCUT2D eigenvalue weighted by Crippen LogP contribution is -2.73. The molecule has 0 radical (unpaired) electrons. The second-order valence-electron chi connectivity index (χ2n) is 6.95. The first kappa shape index (κ1) is 14.4. The van der Waals surface area contributed by atoms with Crippen molar-refractivity contribution in [1.82, 2.24) is 10.2 Å². The van der Waals surface area contributed by atoms with Crippen molar-refractivity contribution in [2.45, 2.75) is 71.4 Å². The summed E-state index contributed by atoms with van der Waals surface area (Å²) in [6.07, 6.45) is 4.88. The Bertz CT molecular complexity index is 378. The molecule has 1 aliphatic heterocycles. The van der Waals surface area contributed by atoms with Crippen LogP contribution in [-0.4, -0.2) is 34.8 Å². The molecule has 2 fully saturated rings. The largest absolute Gasteiger partial charge is 0.342 e. The van der Waals surface area contributed by atoms with Crippen molar-refractivity contribution < 1.29 is 9.59 Å². The summed E-state index contributed by atoms with van der Waals surface area (Å²) >= 11 is 0. The minimum Gasteiger partial charge on any atom is -0.342 e. The topological polar surface area (TPSA) is 49.4 Å². The minimum atomic E-state index is -0.564. The second-order valence-corrected chi connectivity index (χ2v) is 6.95. The van der Waals surface area contributed by atoms with Crippen molar-refractivity contribution in [3.05, 3.63) is 0 Å². The number of nitrogens with one attached hydrogen (secondary N) is 1. The van der Waals surface area contributed by atoms with E-state index >= 15 is 0 Å². The molecule has 1 atom stereocenters. The van der Waals surface area contributed by atoms with Gasteiger partial charge in [0, 0.05) is 6.54 Å². The second kappa shape index (κ2) is 4.80. The molecule has 0 aromatic carbocycles. The van der Waals surface area contributed by atoms with E-state index in [2.05, 4.69) is 5.32 Å². The first-order valence-corrected chi connectivity index (χ1v) is 7.45. The Labute approximate surface area is 115 Å². The number of carbonyl (C=O) groups is 2. The van der Waals surface area contributed by atoms with Crippen molar-refractivity contribution in [2.24, 2.45) is 5.41 Å². The number of likely N-dealkylation sites (N-methyl/N-ethyl adjacent to an activating group) is 1. The number of piperazine rings is 1. The highest BCUT2D eigenvalue weighted by molar-refractivity contribution is 6.00. The van der Waals surface area contributed by atoms with Crippen molar-refractivity contribution >= 4 is 11.8 Å². The van der Waals surface area contributed by atoms with Gasteiger partial charge in [-0.1, -0.05) is 40.0 Å². The quantitative estimate of drug-likeness (QED) is 0.790. The van der Waals surface area contributed by atoms with Crippen LogP contribution < -0.4 is 5.32 Å². The number of amides is 2. The SMILES string of the molecule is CCN1C(=O)C(C(C)(C)C)NC(=O)C12CCCCC2. The molecular formula is C15H26N2O2. The molecule has 2 amide bonds. The molecule has 1 N–H and O–H groups in total. The molecule has 1 saturated carbocycles. The fourth-order valence-corrected chi connectivity index (χ4v) is 3.50. The summed E-state index contributed by atoms with van der Waals surface area (Å²) in [5, 5.41) is 3.00. The molecule has 4 nitrogen and oxygen atoms in total. The zero-order chi connectivity index (χ0) is 14.3. The van der Waals surface area contributed by atoms with Crippen molar-refractivity contribution in [2.75, 3.05) is 6.54 Å². The van der Waals surface area contributed by atoms with E-state index in [1.165, 1.54) is 6.42 Å². The van der Waals surface area contributed by atoms with Gasteiger partial charge in [0.05, 0.1) is 0 Å². The predicted molar refractivity (Wildman–Crippen MR) is 74.6 cm³/mol. The fourth-order valence-electron chi connectivity index (χ4n) is 3.50. The summed E-state index contributed by atoms with van der Waals surface area (Å²) in [6.45, 7) is 8.61. The Balaban J connectivity index is 2.34. The number of carbonyl (C=O) groups excluding carboxylic acids is 2. The van der Waals surface area contributed by atoms with Crippen LogP contribution in [0.25, 0.3) is 0 Å². The molecule has 1 aliphatic carbocycles. The summed E-state index contributed by atoms with van der Waals surface area (Å²) in [6, 6.07) is -0.396. The number of rotatable bonds is 1. The van der Waals surface area contributed by atoms with E-state index in [-0.39, 0.29) is 17.2 Å². The average molecular weight is 266 g/mol. The van der Waals surface area contributed by atoms with Gasteiger partial charge in [-0.3, -0.25) is 9.59 Å². The predicted octanol–water partition coefficient (Wildman–Crippen LogP) is 2.08. The van der Waals surface area contributed by atoms with E-state index < -0.39 is 11.6 Å². The lowest BCUT2D eigenvalue weighted by Gasteiger charge is -2.51. The fraction of sp³-hybridized carbons (Fsp3) is 0.867. The first-order chi connectivity index (χ1) is 8.83. The van der Waals surface area contributed by atoms with E-state index in [0.29, 0.717) is 6.54 Å². The van der Waals surface area contributed by atoms with Gasteiger partial charge in [0.1, 0.15) is 11.6 Å². The van der Waals surface area contributed by atoms with Crippen LogP contribution in [0.2, 0.25) is 0 Å². The van der Waals surface area contributed by atoms with E-state index in [1.54, 1.807) is 0 Å². The molecule has 0 aromatic heterocycles.